The van der Waals surface area contributed by atoms with Gasteiger partial charge in [0.2, 0.25) is 0 Å². The van der Waals surface area contributed by atoms with E-state index >= 15 is 0 Å². The number of aliphatic hydroxyl groups excluding tert-OH is 1. The molecule has 0 aliphatic carbocycles. The van der Waals surface area contributed by atoms with E-state index in [1.165, 1.54) is 5.56 Å². The van der Waals surface area contributed by atoms with Gasteiger partial charge in [0, 0.05) is 17.9 Å². The summed E-state index contributed by atoms with van der Waals surface area (Å²) in [4.78, 5) is 0. The number of benzene rings is 1. The van der Waals surface area contributed by atoms with Gasteiger partial charge in [0.15, 0.2) is 0 Å². The molecule has 0 bridgehead atoms. The van der Waals surface area contributed by atoms with Crippen molar-refractivity contribution in [3.63, 3.8) is 0 Å². The topological polar surface area (TPSA) is 29.5 Å². The van der Waals surface area contributed by atoms with Gasteiger partial charge in [-0.15, -0.1) is 11.6 Å². The van der Waals surface area contributed by atoms with Gasteiger partial charge in [-0.25, -0.2) is 0 Å². The Morgan fingerprint density at radius 1 is 1.47 bits per heavy atom. The van der Waals surface area contributed by atoms with Crippen molar-refractivity contribution in [1.29, 1.82) is 0 Å². The fourth-order valence-corrected chi connectivity index (χ4v) is 2.08. The van der Waals surface area contributed by atoms with Gasteiger partial charge in [0.1, 0.15) is 5.75 Å². The molecule has 1 aromatic carbocycles. The SMILES string of the molecule is OC(CCCCl)c1cccc2c1OCC2. The number of rotatable bonds is 4. The molecule has 1 unspecified atom stereocenters. The summed E-state index contributed by atoms with van der Waals surface area (Å²) in [6.45, 7) is 0.731. The molecule has 3 heteroatoms. The maximum absolute atomic E-state index is 9.98. The Morgan fingerprint density at radius 2 is 2.33 bits per heavy atom. The van der Waals surface area contributed by atoms with E-state index in [0.717, 1.165) is 30.8 Å². The van der Waals surface area contributed by atoms with Crippen molar-refractivity contribution in [2.45, 2.75) is 25.4 Å². The lowest BCUT2D eigenvalue weighted by atomic mass is 10.0. The maximum Gasteiger partial charge on any atom is 0.128 e. The Kier molecular flexibility index (Phi) is 3.49. The van der Waals surface area contributed by atoms with Crippen molar-refractivity contribution >= 4 is 11.6 Å². The molecule has 82 valence electrons. The largest absolute Gasteiger partial charge is 0.493 e. The second-order valence-electron chi connectivity index (χ2n) is 3.78. The minimum atomic E-state index is -0.447. The number of fused-ring (bicyclic) bond motifs is 1. The van der Waals surface area contributed by atoms with Crippen LogP contribution in [0.25, 0.3) is 0 Å². The quantitative estimate of drug-likeness (QED) is 0.800. The highest BCUT2D eigenvalue weighted by molar-refractivity contribution is 6.17. The highest BCUT2D eigenvalue weighted by Gasteiger charge is 2.20. The first-order valence-electron chi connectivity index (χ1n) is 5.31. The van der Waals surface area contributed by atoms with Crippen molar-refractivity contribution < 1.29 is 9.84 Å². The fraction of sp³-hybridized carbons (Fsp3) is 0.500. The zero-order valence-corrected chi connectivity index (χ0v) is 9.33. The fourth-order valence-electron chi connectivity index (χ4n) is 1.93. The van der Waals surface area contributed by atoms with Gasteiger partial charge < -0.3 is 9.84 Å². The Balaban J connectivity index is 2.17. The summed E-state index contributed by atoms with van der Waals surface area (Å²) in [7, 11) is 0. The summed E-state index contributed by atoms with van der Waals surface area (Å²) in [6, 6.07) is 5.97. The van der Waals surface area contributed by atoms with Gasteiger partial charge in [-0.2, -0.15) is 0 Å². The molecule has 15 heavy (non-hydrogen) atoms. The first-order valence-corrected chi connectivity index (χ1v) is 5.85. The maximum atomic E-state index is 9.98. The van der Waals surface area contributed by atoms with Crippen LogP contribution in [0.2, 0.25) is 0 Å². The molecule has 0 radical (unpaired) electrons. The van der Waals surface area contributed by atoms with E-state index in [-0.39, 0.29) is 0 Å². The molecule has 1 heterocycles. The minimum absolute atomic E-state index is 0.447. The molecule has 0 saturated carbocycles. The van der Waals surface area contributed by atoms with Gasteiger partial charge in [-0.1, -0.05) is 18.2 Å². The summed E-state index contributed by atoms with van der Waals surface area (Å²) in [5, 5.41) is 9.98. The summed E-state index contributed by atoms with van der Waals surface area (Å²) in [5.74, 6) is 1.48. The molecule has 0 spiro atoms. The van der Waals surface area contributed by atoms with Crippen molar-refractivity contribution in [2.24, 2.45) is 0 Å². The standard InChI is InChI=1S/C12H15ClO2/c13-7-2-5-11(14)10-4-1-3-9-6-8-15-12(9)10/h1,3-4,11,14H,2,5-8H2. The summed E-state index contributed by atoms with van der Waals surface area (Å²) < 4.78 is 5.54. The molecule has 1 atom stereocenters. The average Bonchev–Trinajstić information content (AvgIpc) is 2.73. The molecule has 0 fully saturated rings. The molecule has 2 rings (SSSR count). The third-order valence-corrected chi connectivity index (χ3v) is 2.98. The average molecular weight is 227 g/mol. The van der Waals surface area contributed by atoms with Crippen LogP contribution in [0, 0.1) is 0 Å². The van der Waals surface area contributed by atoms with Gasteiger partial charge >= 0.3 is 0 Å². The second-order valence-corrected chi connectivity index (χ2v) is 4.16. The molecule has 1 aromatic rings. The van der Waals surface area contributed by atoms with Crippen LogP contribution in [0.5, 0.6) is 5.75 Å². The van der Waals surface area contributed by atoms with Gasteiger partial charge in [0.05, 0.1) is 12.7 Å². The van der Waals surface area contributed by atoms with Crippen LogP contribution in [-0.2, 0) is 6.42 Å². The zero-order chi connectivity index (χ0) is 10.7. The molecule has 0 aromatic heterocycles. The van der Waals surface area contributed by atoms with Crippen LogP contribution in [-0.4, -0.2) is 17.6 Å². The van der Waals surface area contributed by atoms with Crippen molar-refractivity contribution in [1.82, 2.24) is 0 Å². The first kappa shape index (κ1) is 10.8. The Bertz CT molecular complexity index is 338. The zero-order valence-electron chi connectivity index (χ0n) is 8.58. The summed E-state index contributed by atoms with van der Waals surface area (Å²) in [5.41, 5.74) is 2.12. The number of hydrogen-bond donors (Lipinski definition) is 1. The minimum Gasteiger partial charge on any atom is -0.493 e. The molecule has 0 saturated heterocycles. The molecular formula is C12H15ClO2. The highest BCUT2D eigenvalue weighted by Crippen LogP contribution is 2.34. The number of halogens is 1. The van der Waals surface area contributed by atoms with E-state index in [1.54, 1.807) is 0 Å². The van der Waals surface area contributed by atoms with Gasteiger partial charge in [-0.3, -0.25) is 0 Å². The Morgan fingerprint density at radius 3 is 3.13 bits per heavy atom. The summed E-state index contributed by atoms with van der Waals surface area (Å²) in [6.07, 6.45) is 2.03. The lowest BCUT2D eigenvalue weighted by molar-refractivity contribution is 0.162. The van der Waals surface area contributed by atoms with Crippen LogP contribution in [0.3, 0.4) is 0 Å². The van der Waals surface area contributed by atoms with Crippen LogP contribution in [0.4, 0.5) is 0 Å². The van der Waals surface area contributed by atoms with Gasteiger partial charge in [0.25, 0.3) is 0 Å². The van der Waals surface area contributed by atoms with E-state index in [9.17, 15) is 5.11 Å². The number of para-hydroxylation sites is 1. The second kappa shape index (κ2) is 4.86. The van der Waals surface area contributed by atoms with E-state index in [1.807, 2.05) is 12.1 Å². The molecule has 1 aliphatic rings. The smallest absolute Gasteiger partial charge is 0.128 e. The van der Waals surface area contributed by atoms with Crippen molar-refractivity contribution in [3.05, 3.63) is 29.3 Å². The van der Waals surface area contributed by atoms with Crippen LogP contribution >= 0.6 is 11.6 Å². The van der Waals surface area contributed by atoms with Gasteiger partial charge in [-0.05, 0) is 18.4 Å². The lowest BCUT2D eigenvalue weighted by Gasteiger charge is -2.13. The molecule has 1 N–H and O–H groups in total. The predicted molar refractivity (Wildman–Crippen MR) is 60.6 cm³/mol. The number of alkyl halides is 1. The normalized spacial score (nSPS) is 15.9. The van der Waals surface area contributed by atoms with Crippen LogP contribution in [0.15, 0.2) is 18.2 Å². The van der Waals surface area contributed by atoms with Crippen LogP contribution in [0.1, 0.15) is 30.1 Å². The predicted octanol–water partition coefficient (Wildman–Crippen LogP) is 2.67. The van der Waals surface area contributed by atoms with Crippen molar-refractivity contribution in [2.75, 3.05) is 12.5 Å². The number of ether oxygens (including phenoxy) is 1. The highest BCUT2D eigenvalue weighted by atomic mass is 35.5. The molecule has 0 amide bonds. The third kappa shape index (κ3) is 2.27. The van der Waals surface area contributed by atoms with E-state index < -0.39 is 6.10 Å². The molecular weight excluding hydrogens is 212 g/mol. The van der Waals surface area contributed by atoms with E-state index in [2.05, 4.69) is 6.07 Å². The number of aliphatic hydroxyl groups is 1. The van der Waals surface area contributed by atoms with E-state index in [0.29, 0.717) is 12.3 Å². The Labute approximate surface area is 94.8 Å². The molecule has 1 aliphatic heterocycles. The lowest BCUT2D eigenvalue weighted by Crippen LogP contribution is -2.00. The Hall–Kier alpha value is -0.730. The monoisotopic (exact) mass is 226 g/mol. The summed E-state index contributed by atoms with van der Waals surface area (Å²) >= 11 is 5.61. The third-order valence-electron chi connectivity index (χ3n) is 2.72. The molecule has 2 nitrogen and oxygen atoms in total. The van der Waals surface area contributed by atoms with Crippen LogP contribution < -0.4 is 4.74 Å². The van der Waals surface area contributed by atoms with E-state index in [4.69, 9.17) is 16.3 Å². The van der Waals surface area contributed by atoms with Crippen molar-refractivity contribution in [3.8, 4) is 5.75 Å². The number of hydrogen-bond acceptors (Lipinski definition) is 2. The first-order chi connectivity index (χ1) is 7.33.